The molecule has 23 heavy (non-hydrogen) atoms. The van der Waals surface area contributed by atoms with Gasteiger partial charge in [-0.1, -0.05) is 67.9 Å². The highest BCUT2D eigenvalue weighted by Crippen LogP contribution is 2.29. The van der Waals surface area contributed by atoms with Gasteiger partial charge in [-0.25, -0.2) is 0 Å². The minimum Gasteiger partial charge on any atom is -0.187 e. The number of benzene rings is 2. The third-order valence-electron chi connectivity index (χ3n) is 3.43. The van der Waals surface area contributed by atoms with E-state index in [0.29, 0.717) is 0 Å². The summed E-state index contributed by atoms with van der Waals surface area (Å²) in [6, 6.07) is 16.2. The summed E-state index contributed by atoms with van der Waals surface area (Å²) in [6.07, 6.45) is 0. The van der Waals surface area contributed by atoms with E-state index in [1.807, 2.05) is 41.1 Å². The summed E-state index contributed by atoms with van der Waals surface area (Å²) in [4.78, 5) is 0. The van der Waals surface area contributed by atoms with Crippen molar-refractivity contribution in [1.29, 1.82) is 0 Å². The Kier molecular flexibility index (Phi) is 4.09. The fraction of sp³-hybridized carbons (Fsp3) is 0.0625. The topological polar surface area (TPSA) is 43.1 Å². The number of thioether (sulfide) groups is 1. The van der Waals surface area contributed by atoms with Gasteiger partial charge in [-0.05, 0) is 29.8 Å². The Hall–Kier alpha value is -1.44. The first kappa shape index (κ1) is 15.1. The zero-order valence-electron chi connectivity index (χ0n) is 11.8. The molecule has 0 saturated heterocycles. The molecule has 1 aromatic heterocycles. The number of nitrogens with zero attached hydrogens (tertiary/aromatic N) is 4. The van der Waals surface area contributed by atoms with E-state index in [4.69, 9.17) is 5.10 Å². The molecule has 0 atom stereocenters. The zero-order chi connectivity index (χ0) is 15.8. The summed E-state index contributed by atoms with van der Waals surface area (Å²) in [5.74, 6) is 1.54. The van der Waals surface area contributed by atoms with E-state index >= 15 is 0 Å². The van der Waals surface area contributed by atoms with Gasteiger partial charge in [0.25, 0.3) is 0 Å². The second kappa shape index (κ2) is 6.22. The largest absolute Gasteiger partial charge is 0.212 e. The van der Waals surface area contributed by atoms with Crippen LogP contribution in [0, 0.1) is 0 Å². The number of rotatable bonds is 2. The Morgan fingerprint density at radius 3 is 2.52 bits per heavy atom. The van der Waals surface area contributed by atoms with Gasteiger partial charge in [0, 0.05) is 20.3 Å². The summed E-state index contributed by atoms with van der Waals surface area (Å²) < 4.78 is 3.91. The number of halogens is 2. The lowest BCUT2D eigenvalue weighted by atomic mass is 10.1. The highest BCUT2D eigenvalue weighted by molar-refractivity contribution is 9.10. The van der Waals surface area contributed by atoms with Crippen LogP contribution in [-0.2, 0) is 0 Å². The van der Waals surface area contributed by atoms with E-state index in [-0.39, 0.29) is 0 Å². The highest BCUT2D eigenvalue weighted by Gasteiger charge is 2.20. The second-order valence-electron chi connectivity index (χ2n) is 4.97. The molecule has 0 bridgehead atoms. The normalized spacial score (nSPS) is 13.6. The summed E-state index contributed by atoms with van der Waals surface area (Å²) >= 11 is 8.61. The third-order valence-corrected chi connectivity index (χ3v) is 5.38. The van der Waals surface area contributed by atoms with Gasteiger partial charge in [0.15, 0.2) is 5.82 Å². The third kappa shape index (κ3) is 3.00. The van der Waals surface area contributed by atoms with Crippen molar-refractivity contribution in [2.45, 2.75) is 5.16 Å². The predicted octanol–water partition coefficient (Wildman–Crippen LogP) is 4.83. The molecular formula is C16H10Br2N4S. The quantitative estimate of drug-likeness (QED) is 0.562. The Balaban J connectivity index is 1.79. The molecule has 2 aromatic carbocycles. The van der Waals surface area contributed by atoms with Crippen molar-refractivity contribution in [1.82, 2.24) is 14.9 Å². The molecule has 7 heteroatoms. The van der Waals surface area contributed by atoms with Gasteiger partial charge in [0.1, 0.15) is 0 Å². The van der Waals surface area contributed by atoms with Crippen molar-refractivity contribution < 1.29 is 0 Å². The first-order valence-electron chi connectivity index (χ1n) is 6.89. The lowest BCUT2D eigenvalue weighted by Gasteiger charge is -2.14. The van der Waals surface area contributed by atoms with Crippen LogP contribution in [0.3, 0.4) is 0 Å². The minimum absolute atomic E-state index is 0.757. The molecule has 2 heterocycles. The SMILES string of the molecule is Brc1ccc(-c2nnc3n2N=C(c2cccc(Br)c2)CS3)cc1. The van der Waals surface area contributed by atoms with Gasteiger partial charge in [-0.15, -0.1) is 10.2 Å². The van der Waals surface area contributed by atoms with E-state index < -0.39 is 0 Å². The van der Waals surface area contributed by atoms with Crippen molar-refractivity contribution >= 4 is 49.3 Å². The average Bonchev–Trinajstić information content (AvgIpc) is 2.99. The summed E-state index contributed by atoms with van der Waals surface area (Å²) in [5, 5.41) is 14.1. The van der Waals surface area contributed by atoms with Gasteiger partial charge >= 0.3 is 0 Å². The Morgan fingerprint density at radius 2 is 1.74 bits per heavy atom. The van der Waals surface area contributed by atoms with Crippen LogP contribution in [0.25, 0.3) is 11.4 Å². The maximum Gasteiger partial charge on any atom is 0.212 e. The number of hydrogen-bond acceptors (Lipinski definition) is 4. The lowest BCUT2D eigenvalue weighted by molar-refractivity contribution is 0.762. The second-order valence-corrected chi connectivity index (χ2v) is 7.74. The van der Waals surface area contributed by atoms with Gasteiger partial charge in [0.05, 0.1) is 5.71 Å². The van der Waals surface area contributed by atoms with Crippen LogP contribution in [0.2, 0.25) is 0 Å². The molecule has 4 nitrogen and oxygen atoms in total. The molecule has 4 rings (SSSR count). The molecule has 0 unspecified atom stereocenters. The molecule has 0 aliphatic carbocycles. The molecule has 1 aliphatic rings. The first-order valence-corrected chi connectivity index (χ1v) is 9.46. The fourth-order valence-corrected chi connectivity index (χ4v) is 3.82. The first-order chi connectivity index (χ1) is 11.2. The standard InChI is InChI=1S/C16H10Br2N4S/c17-12-6-4-10(5-7-12)15-19-20-16-22(15)21-14(9-23-16)11-2-1-3-13(18)8-11/h1-8H,9H2. The van der Waals surface area contributed by atoms with Crippen molar-refractivity contribution in [2.75, 3.05) is 5.75 Å². The van der Waals surface area contributed by atoms with E-state index in [2.05, 4.69) is 54.2 Å². The molecule has 0 fully saturated rings. The molecule has 0 N–H and O–H groups in total. The van der Waals surface area contributed by atoms with Crippen LogP contribution >= 0.6 is 43.6 Å². The van der Waals surface area contributed by atoms with Gasteiger partial charge in [-0.3, -0.25) is 0 Å². The molecule has 0 spiro atoms. The zero-order valence-corrected chi connectivity index (χ0v) is 15.8. The monoisotopic (exact) mass is 448 g/mol. The summed E-state index contributed by atoms with van der Waals surface area (Å²) in [6.45, 7) is 0. The van der Waals surface area contributed by atoms with Crippen LogP contribution in [0.1, 0.15) is 5.56 Å². The minimum atomic E-state index is 0.757. The molecule has 3 aromatic rings. The van der Waals surface area contributed by atoms with Crippen LogP contribution < -0.4 is 0 Å². The Morgan fingerprint density at radius 1 is 0.913 bits per heavy atom. The van der Waals surface area contributed by atoms with Gasteiger partial charge in [0.2, 0.25) is 5.16 Å². The van der Waals surface area contributed by atoms with Gasteiger partial charge < -0.3 is 0 Å². The maximum atomic E-state index is 4.77. The number of aromatic nitrogens is 3. The molecule has 114 valence electrons. The fourth-order valence-electron chi connectivity index (χ4n) is 2.32. The van der Waals surface area contributed by atoms with Gasteiger partial charge in [-0.2, -0.15) is 9.78 Å². The lowest BCUT2D eigenvalue weighted by Crippen LogP contribution is -2.13. The summed E-state index contributed by atoms with van der Waals surface area (Å²) in [5.41, 5.74) is 3.11. The molecule has 1 aliphatic heterocycles. The molecule has 0 saturated carbocycles. The molecular weight excluding hydrogens is 440 g/mol. The van der Waals surface area contributed by atoms with Crippen molar-refractivity contribution in [3.05, 3.63) is 63.0 Å². The predicted molar refractivity (Wildman–Crippen MR) is 100.0 cm³/mol. The van der Waals surface area contributed by atoms with E-state index in [1.165, 1.54) is 0 Å². The smallest absolute Gasteiger partial charge is 0.187 e. The van der Waals surface area contributed by atoms with Crippen LogP contribution in [0.5, 0.6) is 0 Å². The van der Waals surface area contributed by atoms with Crippen LogP contribution in [-0.4, -0.2) is 26.3 Å². The van der Waals surface area contributed by atoms with Crippen molar-refractivity contribution in [3.8, 4) is 11.4 Å². The highest BCUT2D eigenvalue weighted by atomic mass is 79.9. The summed E-state index contributed by atoms with van der Waals surface area (Å²) in [7, 11) is 0. The molecule has 0 amide bonds. The number of fused-ring (bicyclic) bond motifs is 1. The van der Waals surface area contributed by atoms with Crippen LogP contribution in [0.4, 0.5) is 0 Å². The van der Waals surface area contributed by atoms with E-state index in [9.17, 15) is 0 Å². The Labute approximate surface area is 154 Å². The Bertz CT molecular complexity index is 903. The number of hydrogen-bond donors (Lipinski definition) is 0. The van der Waals surface area contributed by atoms with E-state index in [1.54, 1.807) is 11.8 Å². The van der Waals surface area contributed by atoms with E-state index in [0.717, 1.165) is 42.5 Å². The van der Waals surface area contributed by atoms with Crippen molar-refractivity contribution in [2.24, 2.45) is 5.10 Å². The maximum absolute atomic E-state index is 4.77. The van der Waals surface area contributed by atoms with Crippen molar-refractivity contribution in [3.63, 3.8) is 0 Å². The molecule has 0 radical (unpaired) electrons. The van der Waals surface area contributed by atoms with Crippen LogP contribution in [0.15, 0.2) is 67.7 Å². The average molecular weight is 450 g/mol.